The second-order valence-corrected chi connectivity index (χ2v) is 4.90. The van der Waals surface area contributed by atoms with E-state index < -0.39 is 0 Å². The Labute approximate surface area is 115 Å². The second-order valence-electron chi connectivity index (χ2n) is 3.98. The Bertz CT molecular complexity index is 406. The third-order valence-corrected chi connectivity index (χ3v) is 2.62. The maximum Gasteiger partial charge on any atom is 0.189 e. The van der Waals surface area contributed by atoms with Crippen LogP contribution >= 0.6 is 15.9 Å². The van der Waals surface area contributed by atoms with Crippen LogP contribution in [-0.2, 0) is 11.3 Å². The van der Waals surface area contributed by atoms with E-state index in [1.807, 2.05) is 6.92 Å². The Morgan fingerprint density at radius 2 is 2.28 bits per heavy atom. The van der Waals surface area contributed by atoms with Gasteiger partial charge in [-0.25, -0.2) is 9.38 Å². The minimum absolute atomic E-state index is 0.0815. The van der Waals surface area contributed by atoms with E-state index in [-0.39, 0.29) is 11.9 Å². The molecule has 0 amide bonds. The highest BCUT2D eigenvalue weighted by Crippen LogP contribution is 2.15. The van der Waals surface area contributed by atoms with Crippen molar-refractivity contribution in [3.63, 3.8) is 0 Å². The normalized spacial score (nSPS) is 13.4. The molecule has 0 heterocycles. The maximum absolute atomic E-state index is 13.1. The minimum Gasteiger partial charge on any atom is -0.383 e. The Balaban J connectivity index is 2.56. The van der Waals surface area contributed by atoms with Crippen molar-refractivity contribution in [1.82, 2.24) is 5.32 Å². The minimum atomic E-state index is -0.297. The van der Waals surface area contributed by atoms with Gasteiger partial charge in [0.05, 0.1) is 13.2 Å². The zero-order valence-electron chi connectivity index (χ0n) is 10.4. The molecule has 3 N–H and O–H groups in total. The van der Waals surface area contributed by atoms with Crippen molar-refractivity contribution < 1.29 is 9.13 Å². The van der Waals surface area contributed by atoms with Gasteiger partial charge in [-0.3, -0.25) is 0 Å². The molecule has 1 aromatic rings. The number of nitrogens with zero attached hydrogens (tertiary/aromatic N) is 1. The van der Waals surface area contributed by atoms with Crippen molar-refractivity contribution >= 4 is 21.9 Å². The summed E-state index contributed by atoms with van der Waals surface area (Å²) in [5.74, 6) is 0.0220. The van der Waals surface area contributed by atoms with E-state index in [2.05, 4.69) is 26.2 Å². The molecule has 0 fully saturated rings. The second kappa shape index (κ2) is 7.33. The van der Waals surface area contributed by atoms with Crippen LogP contribution in [0.4, 0.5) is 4.39 Å². The van der Waals surface area contributed by atoms with E-state index in [0.717, 1.165) is 5.56 Å². The number of nitrogens with two attached hydrogens (primary N) is 1. The molecule has 0 spiro atoms. The number of halogens is 2. The summed E-state index contributed by atoms with van der Waals surface area (Å²) in [6.45, 7) is 2.81. The summed E-state index contributed by atoms with van der Waals surface area (Å²) in [7, 11) is 1.62. The van der Waals surface area contributed by atoms with Crippen molar-refractivity contribution in [2.75, 3.05) is 13.7 Å². The van der Waals surface area contributed by atoms with Crippen LogP contribution in [0.1, 0.15) is 12.5 Å². The third-order valence-electron chi connectivity index (χ3n) is 2.17. The van der Waals surface area contributed by atoms with E-state index in [9.17, 15) is 4.39 Å². The molecular weight excluding hydrogens is 301 g/mol. The van der Waals surface area contributed by atoms with E-state index in [1.165, 1.54) is 12.1 Å². The van der Waals surface area contributed by atoms with Gasteiger partial charge in [0.15, 0.2) is 5.96 Å². The van der Waals surface area contributed by atoms with E-state index >= 15 is 0 Å². The first-order valence-corrected chi connectivity index (χ1v) is 6.31. The first-order valence-electron chi connectivity index (χ1n) is 5.51. The van der Waals surface area contributed by atoms with Gasteiger partial charge in [-0.05, 0) is 30.7 Å². The van der Waals surface area contributed by atoms with Crippen LogP contribution in [-0.4, -0.2) is 25.7 Å². The molecular formula is C12H17BrFN3O. The van der Waals surface area contributed by atoms with Crippen LogP contribution in [0.2, 0.25) is 0 Å². The van der Waals surface area contributed by atoms with Gasteiger partial charge in [0.1, 0.15) is 5.82 Å². The number of hydrogen-bond donors (Lipinski definition) is 2. The predicted octanol–water partition coefficient (Wildman–Crippen LogP) is 2.03. The summed E-state index contributed by atoms with van der Waals surface area (Å²) in [6, 6.07) is 4.71. The van der Waals surface area contributed by atoms with Crippen LogP contribution in [0.15, 0.2) is 27.7 Å². The predicted molar refractivity (Wildman–Crippen MR) is 73.9 cm³/mol. The van der Waals surface area contributed by atoms with Crippen molar-refractivity contribution in [2.24, 2.45) is 10.7 Å². The topological polar surface area (TPSA) is 59.6 Å². The summed E-state index contributed by atoms with van der Waals surface area (Å²) in [6.07, 6.45) is 0. The van der Waals surface area contributed by atoms with Gasteiger partial charge in [0.2, 0.25) is 0 Å². The summed E-state index contributed by atoms with van der Waals surface area (Å²) < 4.78 is 18.8. The number of guanidine groups is 1. The average Bonchev–Trinajstić information content (AvgIpc) is 2.25. The van der Waals surface area contributed by atoms with Crippen LogP contribution in [0.25, 0.3) is 0 Å². The summed E-state index contributed by atoms with van der Waals surface area (Å²) in [4.78, 5) is 4.14. The summed E-state index contributed by atoms with van der Waals surface area (Å²) in [5, 5.41) is 2.98. The lowest BCUT2D eigenvalue weighted by Gasteiger charge is -2.13. The molecule has 1 aromatic carbocycles. The number of benzene rings is 1. The highest BCUT2D eigenvalue weighted by atomic mass is 79.9. The van der Waals surface area contributed by atoms with Crippen molar-refractivity contribution in [3.05, 3.63) is 34.1 Å². The van der Waals surface area contributed by atoms with Crippen molar-refractivity contribution in [2.45, 2.75) is 19.5 Å². The molecule has 4 nitrogen and oxygen atoms in total. The number of methoxy groups -OCH3 is 1. The summed E-state index contributed by atoms with van der Waals surface area (Å²) >= 11 is 3.23. The maximum atomic E-state index is 13.1. The molecule has 0 saturated carbocycles. The van der Waals surface area contributed by atoms with E-state index in [4.69, 9.17) is 10.5 Å². The highest BCUT2D eigenvalue weighted by Gasteiger charge is 2.02. The molecule has 0 aliphatic heterocycles. The molecule has 100 valence electrons. The van der Waals surface area contributed by atoms with Crippen LogP contribution in [0, 0.1) is 5.82 Å². The number of aliphatic imine (C=N–C) groups is 1. The van der Waals surface area contributed by atoms with Crippen molar-refractivity contribution in [3.8, 4) is 0 Å². The molecule has 1 rings (SSSR count). The summed E-state index contributed by atoms with van der Waals surface area (Å²) in [5.41, 5.74) is 6.46. The fraction of sp³-hybridized carbons (Fsp3) is 0.417. The lowest BCUT2D eigenvalue weighted by Crippen LogP contribution is -2.40. The number of ether oxygens (including phenoxy) is 1. The zero-order valence-corrected chi connectivity index (χ0v) is 12.0. The molecule has 0 aliphatic carbocycles. The van der Waals surface area contributed by atoms with Crippen LogP contribution in [0.3, 0.4) is 0 Å². The molecule has 0 aromatic heterocycles. The Hall–Kier alpha value is -1.14. The lowest BCUT2D eigenvalue weighted by atomic mass is 10.2. The fourth-order valence-corrected chi connectivity index (χ4v) is 1.98. The molecule has 18 heavy (non-hydrogen) atoms. The highest BCUT2D eigenvalue weighted by molar-refractivity contribution is 9.10. The van der Waals surface area contributed by atoms with Crippen LogP contribution in [0.5, 0.6) is 0 Å². The third kappa shape index (κ3) is 5.46. The molecule has 6 heteroatoms. The smallest absolute Gasteiger partial charge is 0.189 e. The first kappa shape index (κ1) is 14.9. The number of rotatable bonds is 5. The Morgan fingerprint density at radius 1 is 1.56 bits per heavy atom. The van der Waals surface area contributed by atoms with Crippen molar-refractivity contribution in [1.29, 1.82) is 0 Å². The number of hydrogen-bond acceptors (Lipinski definition) is 2. The van der Waals surface area contributed by atoms with Crippen LogP contribution < -0.4 is 11.1 Å². The standard InChI is InChI=1S/C12H17BrFN3O/c1-8(7-18-2)17-12(15)16-6-9-3-10(13)5-11(14)4-9/h3-5,8H,6-7H2,1-2H3,(H3,15,16,17). The quantitative estimate of drug-likeness (QED) is 0.645. The molecule has 0 aliphatic rings. The van der Waals surface area contributed by atoms with Gasteiger partial charge in [0, 0.05) is 17.6 Å². The molecule has 1 atom stereocenters. The molecule has 0 saturated heterocycles. The van der Waals surface area contributed by atoms with Gasteiger partial charge < -0.3 is 15.8 Å². The Kier molecular flexibility index (Phi) is 6.07. The largest absolute Gasteiger partial charge is 0.383 e. The zero-order chi connectivity index (χ0) is 13.5. The fourth-order valence-electron chi connectivity index (χ4n) is 1.47. The van der Waals surface area contributed by atoms with Gasteiger partial charge in [0.25, 0.3) is 0 Å². The number of nitrogens with one attached hydrogen (secondary N) is 1. The lowest BCUT2D eigenvalue weighted by molar-refractivity contribution is 0.179. The van der Waals surface area contributed by atoms with Gasteiger partial charge in [-0.2, -0.15) is 0 Å². The van der Waals surface area contributed by atoms with E-state index in [0.29, 0.717) is 23.6 Å². The Morgan fingerprint density at radius 3 is 2.89 bits per heavy atom. The first-order chi connectivity index (χ1) is 8.51. The SMILES string of the molecule is COCC(C)NC(N)=NCc1cc(F)cc(Br)c1. The van der Waals surface area contributed by atoms with Gasteiger partial charge >= 0.3 is 0 Å². The molecule has 1 unspecified atom stereocenters. The van der Waals surface area contributed by atoms with Gasteiger partial charge in [-0.15, -0.1) is 0 Å². The van der Waals surface area contributed by atoms with Gasteiger partial charge in [-0.1, -0.05) is 15.9 Å². The monoisotopic (exact) mass is 317 g/mol. The van der Waals surface area contributed by atoms with E-state index in [1.54, 1.807) is 13.2 Å². The molecule has 0 bridgehead atoms. The molecule has 0 radical (unpaired) electrons. The average molecular weight is 318 g/mol.